The Morgan fingerprint density at radius 3 is 2.65 bits per heavy atom. The predicted octanol–water partition coefficient (Wildman–Crippen LogP) is 1.66. The minimum atomic E-state index is -3.30. The number of pyridine rings is 1. The Morgan fingerprint density at radius 1 is 1.41 bits per heavy atom. The number of anilines is 2. The molecule has 0 spiro atoms. The Balaban J connectivity index is 2.19. The average Bonchev–Trinajstić information content (AvgIpc) is 2.76. The van der Waals surface area contributed by atoms with Crippen molar-refractivity contribution in [2.24, 2.45) is 0 Å². The van der Waals surface area contributed by atoms with Crippen LogP contribution in [0.25, 0.3) is 0 Å². The van der Waals surface area contributed by atoms with Crippen molar-refractivity contribution >= 4 is 21.5 Å². The number of nitrogens with two attached hydrogens (primary N) is 1. The highest BCUT2D eigenvalue weighted by molar-refractivity contribution is 7.93. The number of aryl methyl sites for hydroxylation is 1. The van der Waals surface area contributed by atoms with Crippen LogP contribution in [0.4, 0.5) is 11.5 Å². The smallest absolute Gasteiger partial charge is 0.236 e. The third kappa shape index (κ3) is 2.69. The Bertz CT molecular complexity index is 507. The summed E-state index contributed by atoms with van der Waals surface area (Å²) in [5, 5.41) is -0.277. The van der Waals surface area contributed by atoms with Gasteiger partial charge in [0.25, 0.3) is 0 Å². The Morgan fingerprint density at radius 2 is 2.06 bits per heavy atom. The molecule has 3 N–H and O–H groups in total. The fourth-order valence-electron chi connectivity index (χ4n) is 2.12. The van der Waals surface area contributed by atoms with Crippen LogP contribution in [-0.2, 0) is 10.0 Å². The van der Waals surface area contributed by atoms with E-state index < -0.39 is 10.0 Å². The molecule has 0 aliphatic heterocycles. The van der Waals surface area contributed by atoms with Gasteiger partial charge in [-0.2, -0.15) is 0 Å². The van der Waals surface area contributed by atoms with Crippen LogP contribution < -0.4 is 10.5 Å². The van der Waals surface area contributed by atoms with Gasteiger partial charge < -0.3 is 5.73 Å². The van der Waals surface area contributed by atoms with E-state index in [2.05, 4.69) is 9.71 Å². The van der Waals surface area contributed by atoms with E-state index in [1.54, 1.807) is 13.0 Å². The third-order valence-corrected chi connectivity index (χ3v) is 4.91. The second kappa shape index (κ2) is 4.52. The quantitative estimate of drug-likeness (QED) is 0.860. The lowest BCUT2D eigenvalue weighted by Gasteiger charge is -2.14. The van der Waals surface area contributed by atoms with Crippen LogP contribution in [0.3, 0.4) is 0 Å². The minimum absolute atomic E-state index is 0.277. The van der Waals surface area contributed by atoms with Crippen molar-refractivity contribution in [2.45, 2.75) is 37.9 Å². The van der Waals surface area contributed by atoms with Crippen LogP contribution in [0, 0.1) is 6.92 Å². The van der Waals surface area contributed by atoms with E-state index in [9.17, 15) is 8.42 Å². The van der Waals surface area contributed by atoms with E-state index in [1.807, 2.05) is 0 Å². The molecular formula is C11H17N3O2S. The monoisotopic (exact) mass is 255 g/mol. The van der Waals surface area contributed by atoms with Gasteiger partial charge in [0.2, 0.25) is 10.0 Å². The van der Waals surface area contributed by atoms with E-state index in [1.165, 1.54) is 6.20 Å². The van der Waals surface area contributed by atoms with Gasteiger partial charge in [0, 0.05) is 0 Å². The van der Waals surface area contributed by atoms with E-state index in [4.69, 9.17) is 5.73 Å². The Kier molecular flexibility index (Phi) is 3.24. The van der Waals surface area contributed by atoms with Gasteiger partial charge in [0.05, 0.1) is 17.1 Å². The van der Waals surface area contributed by atoms with Crippen LogP contribution in [0.2, 0.25) is 0 Å². The lowest BCUT2D eigenvalue weighted by Crippen LogP contribution is -2.26. The molecule has 6 heteroatoms. The Hall–Kier alpha value is -1.30. The fraction of sp³-hybridized carbons (Fsp3) is 0.545. The second-order valence-corrected chi connectivity index (χ2v) is 6.45. The summed E-state index contributed by atoms with van der Waals surface area (Å²) >= 11 is 0. The summed E-state index contributed by atoms with van der Waals surface area (Å²) in [6.45, 7) is 1.79. The maximum Gasteiger partial charge on any atom is 0.236 e. The SMILES string of the molecule is Cc1cc(N)cnc1NS(=O)(=O)C1CCCC1. The zero-order valence-corrected chi connectivity index (χ0v) is 10.6. The molecule has 0 unspecified atom stereocenters. The highest BCUT2D eigenvalue weighted by atomic mass is 32.2. The Labute approximate surface area is 101 Å². The topological polar surface area (TPSA) is 85.1 Å². The summed E-state index contributed by atoms with van der Waals surface area (Å²) in [5.41, 5.74) is 6.85. The van der Waals surface area contributed by atoms with Crippen molar-refractivity contribution in [3.63, 3.8) is 0 Å². The van der Waals surface area contributed by atoms with E-state index in [0.717, 1.165) is 31.2 Å². The lowest BCUT2D eigenvalue weighted by atomic mass is 10.3. The number of nitrogens with zero attached hydrogens (tertiary/aromatic N) is 1. The van der Waals surface area contributed by atoms with Crippen LogP contribution >= 0.6 is 0 Å². The van der Waals surface area contributed by atoms with Crippen molar-refractivity contribution in [1.82, 2.24) is 4.98 Å². The van der Waals surface area contributed by atoms with E-state index >= 15 is 0 Å². The molecule has 1 heterocycles. The van der Waals surface area contributed by atoms with Crippen LogP contribution in [-0.4, -0.2) is 18.7 Å². The van der Waals surface area contributed by atoms with Crippen molar-refractivity contribution < 1.29 is 8.42 Å². The number of nitrogens with one attached hydrogen (secondary N) is 1. The number of aromatic nitrogens is 1. The first-order valence-corrected chi connectivity index (χ1v) is 7.27. The number of hydrogen-bond acceptors (Lipinski definition) is 4. The van der Waals surface area contributed by atoms with Gasteiger partial charge in [-0.15, -0.1) is 0 Å². The molecule has 1 fully saturated rings. The summed E-state index contributed by atoms with van der Waals surface area (Å²) in [4.78, 5) is 4.02. The maximum absolute atomic E-state index is 12.1. The molecule has 1 aliphatic rings. The molecule has 1 aromatic rings. The van der Waals surface area contributed by atoms with Gasteiger partial charge in [0.15, 0.2) is 0 Å². The van der Waals surface area contributed by atoms with Crippen LogP contribution in [0.5, 0.6) is 0 Å². The predicted molar refractivity (Wildman–Crippen MR) is 68.2 cm³/mol. The van der Waals surface area contributed by atoms with Gasteiger partial charge in [-0.1, -0.05) is 12.8 Å². The summed E-state index contributed by atoms with van der Waals surface area (Å²) in [7, 11) is -3.30. The number of sulfonamides is 1. The molecule has 1 aliphatic carbocycles. The number of hydrogen-bond donors (Lipinski definition) is 2. The highest BCUT2D eigenvalue weighted by Gasteiger charge is 2.29. The molecular weight excluding hydrogens is 238 g/mol. The van der Waals surface area contributed by atoms with Crippen LogP contribution in [0.1, 0.15) is 31.2 Å². The van der Waals surface area contributed by atoms with Gasteiger partial charge in [-0.3, -0.25) is 4.72 Å². The maximum atomic E-state index is 12.1. The van der Waals surface area contributed by atoms with Gasteiger partial charge >= 0.3 is 0 Å². The number of rotatable bonds is 3. The van der Waals surface area contributed by atoms with Crippen molar-refractivity contribution in [3.8, 4) is 0 Å². The zero-order valence-electron chi connectivity index (χ0n) is 9.81. The molecule has 0 bridgehead atoms. The first kappa shape index (κ1) is 12.2. The minimum Gasteiger partial charge on any atom is -0.397 e. The van der Waals surface area contributed by atoms with Crippen LogP contribution in [0.15, 0.2) is 12.3 Å². The second-order valence-electron chi connectivity index (χ2n) is 4.49. The van der Waals surface area contributed by atoms with Crippen molar-refractivity contribution in [3.05, 3.63) is 17.8 Å². The molecule has 1 aromatic heterocycles. The number of nitrogen functional groups attached to an aromatic ring is 1. The molecule has 0 radical (unpaired) electrons. The molecule has 5 nitrogen and oxygen atoms in total. The molecule has 0 aromatic carbocycles. The molecule has 1 saturated carbocycles. The largest absolute Gasteiger partial charge is 0.397 e. The lowest BCUT2D eigenvalue weighted by molar-refractivity contribution is 0.585. The van der Waals surface area contributed by atoms with E-state index in [0.29, 0.717) is 11.5 Å². The highest BCUT2D eigenvalue weighted by Crippen LogP contribution is 2.26. The molecule has 0 atom stereocenters. The molecule has 0 saturated heterocycles. The summed E-state index contributed by atoms with van der Waals surface area (Å²) in [6, 6.07) is 1.71. The van der Waals surface area contributed by atoms with Crippen molar-refractivity contribution in [1.29, 1.82) is 0 Å². The third-order valence-electron chi connectivity index (χ3n) is 3.08. The van der Waals surface area contributed by atoms with Crippen molar-refractivity contribution in [2.75, 3.05) is 10.5 Å². The summed E-state index contributed by atoms with van der Waals surface area (Å²) in [5.74, 6) is 0.381. The van der Waals surface area contributed by atoms with Gasteiger partial charge in [-0.25, -0.2) is 13.4 Å². The normalized spacial score (nSPS) is 17.2. The molecule has 2 rings (SSSR count). The standard InChI is InChI=1S/C11H17N3O2S/c1-8-6-9(12)7-13-11(8)14-17(15,16)10-4-2-3-5-10/h6-7,10H,2-5,12H2,1H3,(H,13,14). The fourth-order valence-corrected chi connectivity index (χ4v) is 3.72. The van der Waals surface area contributed by atoms with Gasteiger partial charge in [0.1, 0.15) is 5.82 Å². The first-order valence-electron chi connectivity index (χ1n) is 5.73. The van der Waals surface area contributed by atoms with Gasteiger partial charge in [-0.05, 0) is 31.4 Å². The molecule has 17 heavy (non-hydrogen) atoms. The summed E-state index contributed by atoms with van der Waals surface area (Å²) < 4.78 is 26.7. The van der Waals surface area contributed by atoms with E-state index in [-0.39, 0.29) is 5.25 Å². The average molecular weight is 255 g/mol. The first-order chi connectivity index (χ1) is 7.99. The zero-order chi connectivity index (χ0) is 12.5. The molecule has 94 valence electrons. The molecule has 0 amide bonds. The summed E-state index contributed by atoms with van der Waals surface area (Å²) in [6.07, 6.45) is 4.91.